The highest BCUT2D eigenvalue weighted by Crippen LogP contribution is 2.24. The number of hydrogen-bond acceptors (Lipinski definition) is 2. The van der Waals surface area contributed by atoms with Crippen molar-refractivity contribution in [2.24, 2.45) is 0 Å². The van der Waals surface area contributed by atoms with Crippen LogP contribution in [0, 0.1) is 0 Å². The molecule has 0 bridgehead atoms. The highest BCUT2D eigenvalue weighted by Gasteiger charge is 2.11. The Bertz CT molecular complexity index is 450. The summed E-state index contributed by atoms with van der Waals surface area (Å²) < 4.78 is 3.17. The Morgan fingerprint density at radius 2 is 2.36 bits per heavy atom. The van der Waals surface area contributed by atoms with Crippen LogP contribution in [-0.4, -0.2) is 16.6 Å². The van der Waals surface area contributed by atoms with Gasteiger partial charge in [-0.25, -0.2) is 4.98 Å². The molecule has 14 heavy (non-hydrogen) atoms. The molecule has 0 saturated carbocycles. The van der Waals surface area contributed by atoms with Gasteiger partial charge in [0.25, 0.3) is 0 Å². The van der Waals surface area contributed by atoms with Crippen molar-refractivity contribution in [1.82, 2.24) is 14.9 Å². The summed E-state index contributed by atoms with van der Waals surface area (Å²) in [6.45, 7) is 2.10. The van der Waals surface area contributed by atoms with Crippen molar-refractivity contribution in [3.05, 3.63) is 29.0 Å². The van der Waals surface area contributed by atoms with Crippen molar-refractivity contribution >= 4 is 27.0 Å². The third-order valence-corrected chi connectivity index (χ3v) is 2.97. The summed E-state index contributed by atoms with van der Waals surface area (Å²) in [6, 6.07) is 6.09. The first-order valence-electron chi connectivity index (χ1n) is 4.52. The maximum atomic E-state index is 4.36. The summed E-state index contributed by atoms with van der Waals surface area (Å²) >= 11 is 3.53. The first-order chi connectivity index (χ1) is 6.74. The number of rotatable bonds is 2. The van der Waals surface area contributed by atoms with Crippen molar-refractivity contribution in [1.29, 1.82) is 0 Å². The van der Waals surface area contributed by atoms with E-state index < -0.39 is 0 Å². The van der Waals surface area contributed by atoms with Gasteiger partial charge in [0, 0.05) is 11.6 Å². The number of nitrogens with zero attached hydrogens (tertiary/aromatic N) is 2. The summed E-state index contributed by atoms with van der Waals surface area (Å²) in [7, 11) is 1.94. The van der Waals surface area contributed by atoms with E-state index in [9.17, 15) is 0 Å². The average molecular weight is 254 g/mol. The highest BCUT2D eigenvalue weighted by atomic mass is 79.9. The van der Waals surface area contributed by atoms with Gasteiger partial charge in [-0.3, -0.25) is 0 Å². The second-order valence-corrected chi connectivity index (χ2v) is 4.03. The molecule has 3 nitrogen and oxygen atoms in total. The van der Waals surface area contributed by atoms with Gasteiger partial charge in [0.2, 0.25) is 0 Å². The second-order valence-electron chi connectivity index (χ2n) is 3.22. The third-order valence-electron chi connectivity index (χ3n) is 2.35. The van der Waals surface area contributed by atoms with E-state index in [4.69, 9.17) is 0 Å². The molecule has 2 rings (SSSR count). The predicted molar refractivity (Wildman–Crippen MR) is 61.2 cm³/mol. The number of pyridine rings is 1. The van der Waals surface area contributed by atoms with Gasteiger partial charge in [0.1, 0.15) is 5.65 Å². The predicted octanol–water partition coefficient (Wildman–Crippen LogP) is 2.54. The molecule has 2 aromatic rings. The smallest absolute Gasteiger partial charge is 0.142 e. The summed E-state index contributed by atoms with van der Waals surface area (Å²) in [6.07, 6.45) is 2.05. The minimum atomic E-state index is 0.233. The molecule has 1 N–H and O–H groups in total. The molecule has 2 heterocycles. The van der Waals surface area contributed by atoms with Crippen LogP contribution < -0.4 is 5.32 Å². The summed E-state index contributed by atoms with van der Waals surface area (Å²) in [5, 5.41) is 4.35. The molecule has 2 aromatic heterocycles. The van der Waals surface area contributed by atoms with Crippen LogP contribution in [-0.2, 0) is 0 Å². The van der Waals surface area contributed by atoms with Crippen LogP contribution in [0.15, 0.2) is 29.0 Å². The fourth-order valence-corrected chi connectivity index (χ4v) is 2.24. The molecule has 0 aromatic carbocycles. The van der Waals surface area contributed by atoms with Crippen LogP contribution in [0.1, 0.15) is 13.1 Å². The van der Waals surface area contributed by atoms with Crippen LogP contribution in [0.3, 0.4) is 0 Å². The van der Waals surface area contributed by atoms with Crippen molar-refractivity contribution in [3.63, 3.8) is 0 Å². The van der Waals surface area contributed by atoms with Gasteiger partial charge in [-0.2, -0.15) is 0 Å². The van der Waals surface area contributed by atoms with Gasteiger partial charge < -0.3 is 9.88 Å². The molecule has 0 saturated heterocycles. The Balaban J connectivity index is 2.67. The number of nitrogens with one attached hydrogen (secondary N) is 1. The van der Waals surface area contributed by atoms with E-state index in [2.05, 4.69) is 49.9 Å². The molecule has 0 spiro atoms. The molecule has 1 unspecified atom stereocenters. The van der Waals surface area contributed by atoms with Gasteiger partial charge in [-0.15, -0.1) is 0 Å². The van der Waals surface area contributed by atoms with E-state index in [1.165, 1.54) is 0 Å². The zero-order valence-corrected chi connectivity index (χ0v) is 9.75. The molecular weight excluding hydrogens is 242 g/mol. The maximum Gasteiger partial charge on any atom is 0.142 e. The van der Waals surface area contributed by atoms with E-state index in [0.717, 1.165) is 15.6 Å². The standard InChI is InChI=1S/C10H12BrN3/c1-7(12-2)14-9(11)6-8-4-3-5-13-10(8)14/h3-7,12H,1-2H3. The lowest BCUT2D eigenvalue weighted by Crippen LogP contribution is -2.19. The van der Waals surface area contributed by atoms with Crippen LogP contribution in [0.25, 0.3) is 11.0 Å². The minimum Gasteiger partial charge on any atom is -0.304 e. The number of hydrogen-bond donors (Lipinski definition) is 1. The van der Waals surface area contributed by atoms with E-state index in [1.807, 2.05) is 19.3 Å². The van der Waals surface area contributed by atoms with Crippen LogP contribution in [0.2, 0.25) is 0 Å². The normalized spacial score (nSPS) is 13.4. The summed E-state index contributed by atoms with van der Waals surface area (Å²) in [5.41, 5.74) is 1.00. The largest absolute Gasteiger partial charge is 0.304 e. The van der Waals surface area contributed by atoms with Crippen LogP contribution in [0.5, 0.6) is 0 Å². The van der Waals surface area contributed by atoms with E-state index in [-0.39, 0.29) is 6.17 Å². The highest BCUT2D eigenvalue weighted by molar-refractivity contribution is 9.10. The Morgan fingerprint density at radius 1 is 1.57 bits per heavy atom. The Kier molecular flexibility index (Phi) is 2.56. The lowest BCUT2D eigenvalue weighted by Gasteiger charge is -2.14. The van der Waals surface area contributed by atoms with Gasteiger partial charge in [0.15, 0.2) is 0 Å². The van der Waals surface area contributed by atoms with Crippen LogP contribution >= 0.6 is 15.9 Å². The lowest BCUT2D eigenvalue weighted by molar-refractivity contribution is 0.482. The first kappa shape index (κ1) is 9.68. The molecule has 0 aliphatic heterocycles. The van der Waals surface area contributed by atoms with Gasteiger partial charge in [0.05, 0.1) is 10.8 Å². The summed E-state index contributed by atoms with van der Waals surface area (Å²) in [4.78, 5) is 4.36. The van der Waals surface area contributed by atoms with Crippen molar-refractivity contribution in [2.45, 2.75) is 13.1 Å². The average Bonchev–Trinajstić information content (AvgIpc) is 2.53. The zero-order chi connectivity index (χ0) is 10.1. The molecule has 1 atom stereocenters. The molecule has 0 aliphatic carbocycles. The quantitative estimate of drug-likeness (QED) is 0.892. The maximum absolute atomic E-state index is 4.36. The van der Waals surface area contributed by atoms with E-state index >= 15 is 0 Å². The van der Waals surface area contributed by atoms with E-state index in [0.29, 0.717) is 0 Å². The Labute approximate surface area is 91.3 Å². The topological polar surface area (TPSA) is 29.9 Å². The van der Waals surface area contributed by atoms with Crippen LogP contribution in [0.4, 0.5) is 0 Å². The molecule has 0 amide bonds. The molecule has 0 fully saturated rings. The first-order valence-corrected chi connectivity index (χ1v) is 5.32. The number of fused-ring (bicyclic) bond motifs is 1. The molecule has 0 aliphatic rings. The Hall–Kier alpha value is -0.870. The van der Waals surface area contributed by atoms with E-state index in [1.54, 1.807) is 0 Å². The zero-order valence-electron chi connectivity index (χ0n) is 8.16. The fourth-order valence-electron chi connectivity index (χ4n) is 1.52. The van der Waals surface area contributed by atoms with Gasteiger partial charge >= 0.3 is 0 Å². The third kappa shape index (κ3) is 1.44. The molecule has 4 heteroatoms. The van der Waals surface area contributed by atoms with Gasteiger partial charge in [-0.05, 0) is 48.1 Å². The lowest BCUT2D eigenvalue weighted by atomic mass is 10.3. The number of halogens is 1. The van der Waals surface area contributed by atoms with Crippen molar-refractivity contribution in [3.8, 4) is 0 Å². The van der Waals surface area contributed by atoms with Crippen molar-refractivity contribution < 1.29 is 0 Å². The molecule has 0 radical (unpaired) electrons. The van der Waals surface area contributed by atoms with Crippen molar-refractivity contribution in [2.75, 3.05) is 7.05 Å². The fraction of sp³-hybridized carbons (Fsp3) is 0.300. The molecular formula is C10H12BrN3. The molecule has 74 valence electrons. The monoisotopic (exact) mass is 253 g/mol. The van der Waals surface area contributed by atoms with Gasteiger partial charge in [-0.1, -0.05) is 0 Å². The number of aromatic nitrogens is 2. The SMILES string of the molecule is CNC(C)n1c(Br)cc2cccnc21. The minimum absolute atomic E-state index is 0.233. The summed E-state index contributed by atoms with van der Waals surface area (Å²) in [5.74, 6) is 0. The Morgan fingerprint density at radius 3 is 3.07 bits per heavy atom. The second kappa shape index (κ2) is 3.71.